The number of rotatable bonds is 7. The highest BCUT2D eigenvalue weighted by molar-refractivity contribution is 7.98. The van der Waals surface area contributed by atoms with Crippen molar-refractivity contribution in [1.82, 2.24) is 20.4 Å². The minimum absolute atomic E-state index is 0.139. The molecular formula is C24H28N4O5S. The topological polar surface area (TPSA) is 104 Å². The van der Waals surface area contributed by atoms with Crippen LogP contribution in [0, 0.1) is 0 Å². The SMILES string of the molecule is CCOC(=O)C1=C(CN2CCN(C(=O)c3ccco3)CC2)NC(=O)N[C@@H]1c1ccc(SC)cc1. The van der Waals surface area contributed by atoms with Gasteiger partial charge in [0.15, 0.2) is 5.76 Å². The number of furan rings is 1. The third-order valence-electron chi connectivity index (χ3n) is 5.87. The molecule has 0 spiro atoms. The first-order chi connectivity index (χ1) is 16.5. The predicted molar refractivity (Wildman–Crippen MR) is 127 cm³/mol. The standard InChI is InChI=1S/C24H28N4O5S/c1-3-32-23(30)20-18(25-24(31)26-21(20)16-6-8-17(34-2)9-7-16)15-27-10-12-28(13-11-27)22(29)19-5-4-14-33-19/h4-9,14,21H,3,10-13,15H2,1-2H3,(H2,25,26,31)/t21-/m1/s1. The second-order valence-corrected chi connectivity index (χ2v) is 8.84. The smallest absolute Gasteiger partial charge is 0.338 e. The van der Waals surface area contributed by atoms with Crippen LogP contribution in [0.25, 0.3) is 0 Å². The maximum Gasteiger partial charge on any atom is 0.338 e. The Balaban J connectivity index is 1.53. The van der Waals surface area contributed by atoms with E-state index in [1.807, 2.05) is 30.5 Å². The fourth-order valence-electron chi connectivity index (χ4n) is 4.13. The molecule has 1 fully saturated rings. The summed E-state index contributed by atoms with van der Waals surface area (Å²) in [7, 11) is 0. The van der Waals surface area contributed by atoms with Crippen molar-refractivity contribution < 1.29 is 23.5 Å². The lowest BCUT2D eigenvalue weighted by Gasteiger charge is -2.36. The first-order valence-corrected chi connectivity index (χ1v) is 12.4. The van der Waals surface area contributed by atoms with Crippen LogP contribution in [0.5, 0.6) is 0 Å². The van der Waals surface area contributed by atoms with E-state index in [1.54, 1.807) is 35.7 Å². The summed E-state index contributed by atoms with van der Waals surface area (Å²) in [5, 5.41) is 5.69. The number of hydrogen-bond donors (Lipinski definition) is 2. The third kappa shape index (κ3) is 5.28. The third-order valence-corrected chi connectivity index (χ3v) is 6.61. The second kappa shape index (κ2) is 10.8. The molecule has 10 heteroatoms. The monoisotopic (exact) mass is 484 g/mol. The lowest BCUT2D eigenvalue weighted by molar-refractivity contribution is -0.139. The fourth-order valence-corrected chi connectivity index (χ4v) is 4.54. The van der Waals surface area contributed by atoms with E-state index in [0.717, 1.165) is 10.5 Å². The van der Waals surface area contributed by atoms with E-state index in [1.165, 1.54) is 6.26 Å². The van der Waals surface area contributed by atoms with Crippen LogP contribution in [-0.4, -0.2) is 73.3 Å². The summed E-state index contributed by atoms with van der Waals surface area (Å²) in [6.07, 6.45) is 3.48. The molecule has 0 unspecified atom stereocenters. The zero-order valence-electron chi connectivity index (χ0n) is 19.2. The average molecular weight is 485 g/mol. The predicted octanol–water partition coefficient (Wildman–Crippen LogP) is 2.63. The van der Waals surface area contributed by atoms with Gasteiger partial charge in [0.05, 0.1) is 24.5 Å². The molecule has 2 aliphatic heterocycles. The van der Waals surface area contributed by atoms with Gasteiger partial charge in [-0.05, 0) is 43.0 Å². The van der Waals surface area contributed by atoms with Crippen LogP contribution in [0.4, 0.5) is 4.79 Å². The molecule has 0 radical (unpaired) electrons. The summed E-state index contributed by atoms with van der Waals surface area (Å²) >= 11 is 1.62. The highest BCUT2D eigenvalue weighted by atomic mass is 32.2. The molecule has 1 atom stereocenters. The van der Waals surface area contributed by atoms with Crippen molar-refractivity contribution >= 4 is 29.7 Å². The molecule has 1 saturated heterocycles. The fraction of sp³-hybridized carbons (Fsp3) is 0.375. The minimum atomic E-state index is -0.611. The Morgan fingerprint density at radius 3 is 2.50 bits per heavy atom. The Bertz CT molecular complexity index is 1060. The number of urea groups is 1. The van der Waals surface area contributed by atoms with Crippen molar-refractivity contribution in [3.05, 3.63) is 65.3 Å². The van der Waals surface area contributed by atoms with E-state index in [-0.39, 0.29) is 18.5 Å². The van der Waals surface area contributed by atoms with Crippen LogP contribution in [0.15, 0.2) is 63.2 Å². The second-order valence-electron chi connectivity index (χ2n) is 7.96. The van der Waals surface area contributed by atoms with Gasteiger partial charge in [-0.15, -0.1) is 11.8 Å². The van der Waals surface area contributed by atoms with E-state index in [0.29, 0.717) is 49.8 Å². The van der Waals surface area contributed by atoms with Gasteiger partial charge in [-0.25, -0.2) is 9.59 Å². The van der Waals surface area contributed by atoms with Gasteiger partial charge in [-0.2, -0.15) is 0 Å². The number of carbonyl (C=O) groups excluding carboxylic acids is 3. The number of nitrogens with zero attached hydrogens (tertiary/aromatic N) is 2. The van der Waals surface area contributed by atoms with Crippen LogP contribution in [0.2, 0.25) is 0 Å². The molecule has 2 N–H and O–H groups in total. The van der Waals surface area contributed by atoms with Gasteiger partial charge in [0.2, 0.25) is 0 Å². The highest BCUT2D eigenvalue weighted by Gasteiger charge is 2.35. The number of amides is 3. The van der Waals surface area contributed by atoms with E-state index < -0.39 is 12.0 Å². The zero-order valence-corrected chi connectivity index (χ0v) is 20.0. The first-order valence-electron chi connectivity index (χ1n) is 11.2. The Hall–Kier alpha value is -3.24. The number of nitrogens with one attached hydrogen (secondary N) is 2. The van der Waals surface area contributed by atoms with Crippen molar-refractivity contribution in [3.63, 3.8) is 0 Å². The van der Waals surface area contributed by atoms with E-state index >= 15 is 0 Å². The van der Waals surface area contributed by atoms with Crippen LogP contribution in [0.1, 0.15) is 29.1 Å². The van der Waals surface area contributed by atoms with E-state index in [2.05, 4.69) is 15.5 Å². The minimum Gasteiger partial charge on any atom is -0.463 e. The molecule has 9 nitrogen and oxygen atoms in total. The van der Waals surface area contributed by atoms with E-state index in [9.17, 15) is 14.4 Å². The lowest BCUT2D eigenvalue weighted by atomic mass is 9.95. The molecule has 3 amide bonds. The summed E-state index contributed by atoms with van der Waals surface area (Å²) in [5.41, 5.74) is 1.72. The van der Waals surface area contributed by atoms with Gasteiger partial charge in [0.25, 0.3) is 5.91 Å². The Morgan fingerprint density at radius 2 is 1.88 bits per heavy atom. The summed E-state index contributed by atoms with van der Waals surface area (Å²) in [6.45, 7) is 4.59. The molecule has 1 aromatic carbocycles. The number of thioether (sulfide) groups is 1. The number of carbonyl (C=O) groups is 3. The molecule has 2 aliphatic rings. The molecule has 0 bridgehead atoms. The van der Waals surface area contributed by atoms with Gasteiger partial charge in [0, 0.05) is 43.3 Å². The van der Waals surface area contributed by atoms with Gasteiger partial charge < -0.3 is 24.7 Å². The summed E-state index contributed by atoms with van der Waals surface area (Å²) < 4.78 is 10.6. The Labute approximate surface area is 202 Å². The van der Waals surface area contributed by atoms with Crippen molar-refractivity contribution in [1.29, 1.82) is 0 Å². The highest BCUT2D eigenvalue weighted by Crippen LogP contribution is 2.29. The summed E-state index contributed by atoms with van der Waals surface area (Å²) in [5.74, 6) is -0.280. The number of ether oxygens (including phenoxy) is 1. The van der Waals surface area contributed by atoms with Gasteiger partial charge in [-0.3, -0.25) is 9.69 Å². The summed E-state index contributed by atoms with van der Waals surface area (Å²) in [6, 6.07) is 10.1. The van der Waals surface area contributed by atoms with Crippen LogP contribution in [0.3, 0.4) is 0 Å². The lowest BCUT2D eigenvalue weighted by Crippen LogP contribution is -2.52. The van der Waals surface area contributed by atoms with Crippen molar-refractivity contribution in [2.45, 2.75) is 17.9 Å². The van der Waals surface area contributed by atoms with Gasteiger partial charge in [0.1, 0.15) is 0 Å². The van der Waals surface area contributed by atoms with Crippen molar-refractivity contribution in [2.24, 2.45) is 0 Å². The van der Waals surface area contributed by atoms with Crippen LogP contribution in [-0.2, 0) is 9.53 Å². The quantitative estimate of drug-likeness (QED) is 0.460. The number of piperazine rings is 1. The number of benzene rings is 1. The number of esters is 1. The van der Waals surface area contributed by atoms with Crippen molar-refractivity contribution in [2.75, 3.05) is 45.6 Å². The maximum atomic E-state index is 13.0. The molecule has 3 heterocycles. The molecule has 34 heavy (non-hydrogen) atoms. The number of hydrogen-bond acceptors (Lipinski definition) is 7. The van der Waals surface area contributed by atoms with Gasteiger partial charge in [-0.1, -0.05) is 12.1 Å². The Morgan fingerprint density at radius 1 is 1.15 bits per heavy atom. The average Bonchev–Trinajstić information content (AvgIpc) is 3.39. The zero-order chi connectivity index (χ0) is 24.1. The molecule has 1 aromatic heterocycles. The Kier molecular flexibility index (Phi) is 7.59. The molecule has 2 aromatic rings. The summed E-state index contributed by atoms with van der Waals surface area (Å²) in [4.78, 5) is 43.0. The van der Waals surface area contributed by atoms with Crippen LogP contribution >= 0.6 is 11.8 Å². The maximum absolute atomic E-state index is 13.0. The molecule has 4 rings (SSSR count). The van der Waals surface area contributed by atoms with Gasteiger partial charge >= 0.3 is 12.0 Å². The molecular weight excluding hydrogens is 456 g/mol. The van der Waals surface area contributed by atoms with E-state index in [4.69, 9.17) is 9.15 Å². The van der Waals surface area contributed by atoms with Crippen LogP contribution < -0.4 is 10.6 Å². The molecule has 0 aliphatic carbocycles. The molecule has 0 saturated carbocycles. The normalized spacial score (nSPS) is 18.9. The first kappa shape index (κ1) is 23.9. The molecule has 180 valence electrons. The van der Waals surface area contributed by atoms with Crippen molar-refractivity contribution in [3.8, 4) is 0 Å². The largest absolute Gasteiger partial charge is 0.463 e.